The van der Waals surface area contributed by atoms with Crippen LogP contribution in [0.4, 0.5) is 4.79 Å². The molecular formula is C23H25N3O3S. The Labute approximate surface area is 180 Å². The Bertz CT molecular complexity index is 990. The molecule has 156 valence electrons. The van der Waals surface area contributed by atoms with Crippen LogP contribution in [0, 0.1) is 0 Å². The fourth-order valence-corrected chi connectivity index (χ4v) is 5.30. The third-order valence-corrected chi connectivity index (χ3v) is 7.14. The summed E-state index contributed by atoms with van der Waals surface area (Å²) in [6.07, 6.45) is 1.98. The number of carbonyl (C=O) groups is 2. The largest absolute Gasteiger partial charge is 0.378 e. The zero-order valence-corrected chi connectivity index (χ0v) is 17.8. The molecule has 1 aromatic heterocycles. The normalized spacial score (nSPS) is 22.3. The van der Waals surface area contributed by atoms with Gasteiger partial charge >= 0.3 is 6.03 Å². The van der Waals surface area contributed by atoms with E-state index >= 15 is 0 Å². The maximum atomic E-state index is 13.6. The summed E-state index contributed by atoms with van der Waals surface area (Å²) < 4.78 is 5.43. The van der Waals surface area contributed by atoms with Crippen molar-refractivity contribution >= 4 is 23.3 Å². The standard InChI is InChI=1S/C23H25N3O3S/c1-15-20(22(27)25-11-13-29-14-12-25)21(24-23(28)26(15)17-7-8-17)19-10-9-18(30-19)16-5-3-2-4-6-16/h2-6,9-10,17,21H,7-8,11-14H2,1H3,(H,24,28). The zero-order valence-electron chi connectivity index (χ0n) is 17.0. The van der Waals surface area contributed by atoms with Crippen LogP contribution in [0.15, 0.2) is 53.7 Å². The molecule has 1 saturated heterocycles. The highest BCUT2D eigenvalue weighted by molar-refractivity contribution is 7.15. The van der Waals surface area contributed by atoms with Gasteiger partial charge in [0.1, 0.15) is 0 Å². The highest BCUT2D eigenvalue weighted by Crippen LogP contribution is 2.41. The molecule has 0 spiro atoms. The number of hydrogen-bond donors (Lipinski definition) is 1. The van der Waals surface area contributed by atoms with Gasteiger partial charge in [-0.1, -0.05) is 30.3 Å². The van der Waals surface area contributed by atoms with Crippen molar-refractivity contribution < 1.29 is 14.3 Å². The van der Waals surface area contributed by atoms with Crippen molar-refractivity contribution in [3.05, 3.63) is 58.6 Å². The molecule has 30 heavy (non-hydrogen) atoms. The Morgan fingerprint density at radius 1 is 1.10 bits per heavy atom. The summed E-state index contributed by atoms with van der Waals surface area (Å²) in [6, 6.07) is 14.0. The number of allylic oxidation sites excluding steroid dienone is 1. The number of ether oxygens (including phenoxy) is 1. The first-order valence-corrected chi connectivity index (χ1v) is 11.3. The first-order chi connectivity index (χ1) is 14.6. The van der Waals surface area contributed by atoms with Gasteiger partial charge < -0.3 is 15.0 Å². The predicted molar refractivity (Wildman–Crippen MR) is 116 cm³/mol. The van der Waals surface area contributed by atoms with Crippen LogP contribution in [-0.2, 0) is 9.53 Å². The van der Waals surface area contributed by atoms with Crippen LogP contribution >= 0.6 is 11.3 Å². The first kappa shape index (κ1) is 19.3. The smallest absolute Gasteiger partial charge is 0.322 e. The summed E-state index contributed by atoms with van der Waals surface area (Å²) >= 11 is 1.63. The van der Waals surface area contributed by atoms with E-state index in [2.05, 4.69) is 23.5 Å². The molecular weight excluding hydrogens is 398 g/mol. The van der Waals surface area contributed by atoms with E-state index in [4.69, 9.17) is 4.74 Å². The quantitative estimate of drug-likeness (QED) is 0.814. The number of hydrogen-bond acceptors (Lipinski definition) is 4. The van der Waals surface area contributed by atoms with E-state index in [1.54, 1.807) is 16.2 Å². The monoisotopic (exact) mass is 423 g/mol. The third kappa shape index (κ3) is 3.52. The van der Waals surface area contributed by atoms with Crippen molar-refractivity contribution in [1.82, 2.24) is 15.1 Å². The molecule has 2 fully saturated rings. The molecule has 1 saturated carbocycles. The lowest BCUT2D eigenvalue weighted by atomic mass is 9.98. The van der Waals surface area contributed by atoms with E-state index in [9.17, 15) is 9.59 Å². The Morgan fingerprint density at radius 3 is 2.53 bits per heavy atom. The minimum atomic E-state index is -0.426. The van der Waals surface area contributed by atoms with Crippen molar-refractivity contribution in [2.45, 2.75) is 31.8 Å². The van der Waals surface area contributed by atoms with Crippen molar-refractivity contribution in [2.75, 3.05) is 26.3 Å². The molecule has 0 bridgehead atoms. The minimum Gasteiger partial charge on any atom is -0.378 e. The Hall–Kier alpha value is -2.64. The number of rotatable bonds is 4. The fraction of sp³-hybridized carbons (Fsp3) is 0.391. The Kier molecular flexibility index (Phi) is 5.08. The summed E-state index contributed by atoms with van der Waals surface area (Å²) in [5.41, 5.74) is 2.61. The molecule has 1 N–H and O–H groups in total. The highest BCUT2D eigenvalue weighted by Gasteiger charge is 2.43. The van der Waals surface area contributed by atoms with Gasteiger partial charge in [0, 0.05) is 34.6 Å². The molecule has 5 rings (SSSR count). The molecule has 2 aliphatic heterocycles. The number of amides is 3. The Balaban J connectivity index is 1.53. The maximum absolute atomic E-state index is 13.6. The van der Waals surface area contributed by atoms with Crippen LogP contribution in [0.2, 0.25) is 0 Å². The maximum Gasteiger partial charge on any atom is 0.322 e. The second-order valence-electron chi connectivity index (χ2n) is 7.96. The minimum absolute atomic E-state index is 0.00103. The van der Waals surface area contributed by atoms with Crippen molar-refractivity contribution in [3.63, 3.8) is 0 Å². The number of urea groups is 1. The summed E-state index contributed by atoms with van der Waals surface area (Å²) in [5, 5.41) is 3.13. The first-order valence-electron chi connectivity index (χ1n) is 10.5. The van der Waals surface area contributed by atoms with Crippen LogP contribution in [0.5, 0.6) is 0 Å². The summed E-state index contributed by atoms with van der Waals surface area (Å²) in [6.45, 7) is 4.19. The summed E-state index contributed by atoms with van der Waals surface area (Å²) in [5.74, 6) is 0.00103. The van der Waals surface area contributed by atoms with E-state index in [0.717, 1.165) is 33.9 Å². The lowest BCUT2D eigenvalue weighted by molar-refractivity contribution is -0.131. The molecule has 7 heteroatoms. The van der Waals surface area contributed by atoms with E-state index in [1.165, 1.54) is 0 Å². The van der Waals surface area contributed by atoms with Crippen molar-refractivity contribution in [1.29, 1.82) is 0 Å². The topological polar surface area (TPSA) is 61.9 Å². The number of benzene rings is 1. The zero-order chi connectivity index (χ0) is 20.7. The summed E-state index contributed by atoms with van der Waals surface area (Å²) in [4.78, 5) is 32.2. The molecule has 6 nitrogen and oxygen atoms in total. The SMILES string of the molecule is CC1=C(C(=O)N2CCOCC2)C(c2ccc(-c3ccccc3)s2)NC(=O)N1C1CC1. The van der Waals surface area contributed by atoms with Gasteiger partial charge in [-0.15, -0.1) is 11.3 Å². The van der Waals surface area contributed by atoms with E-state index in [0.29, 0.717) is 31.9 Å². The van der Waals surface area contributed by atoms with Gasteiger partial charge in [0.2, 0.25) is 0 Å². The van der Waals surface area contributed by atoms with E-state index in [-0.39, 0.29) is 18.0 Å². The van der Waals surface area contributed by atoms with E-state index in [1.807, 2.05) is 36.1 Å². The van der Waals surface area contributed by atoms with Crippen LogP contribution in [0.1, 0.15) is 30.7 Å². The van der Waals surface area contributed by atoms with Crippen LogP contribution in [0.3, 0.4) is 0 Å². The highest BCUT2D eigenvalue weighted by atomic mass is 32.1. The van der Waals surface area contributed by atoms with Crippen LogP contribution in [-0.4, -0.2) is 54.1 Å². The molecule has 3 heterocycles. The average Bonchev–Trinajstić information content (AvgIpc) is 3.48. The second kappa shape index (κ2) is 7.89. The van der Waals surface area contributed by atoms with Gasteiger partial charge in [-0.2, -0.15) is 0 Å². The summed E-state index contributed by atoms with van der Waals surface area (Å²) in [7, 11) is 0. The van der Waals surface area contributed by atoms with E-state index < -0.39 is 6.04 Å². The molecule has 1 aliphatic carbocycles. The van der Waals surface area contributed by atoms with Crippen LogP contribution in [0.25, 0.3) is 10.4 Å². The second-order valence-corrected chi connectivity index (χ2v) is 9.07. The molecule has 1 unspecified atom stereocenters. The van der Waals surface area contributed by atoms with Crippen molar-refractivity contribution in [3.8, 4) is 10.4 Å². The lowest BCUT2D eigenvalue weighted by Crippen LogP contribution is -2.51. The number of nitrogens with one attached hydrogen (secondary N) is 1. The third-order valence-electron chi connectivity index (χ3n) is 5.94. The number of thiophene rings is 1. The van der Waals surface area contributed by atoms with Gasteiger partial charge in [-0.3, -0.25) is 9.69 Å². The molecule has 3 aliphatic rings. The van der Waals surface area contributed by atoms with Gasteiger partial charge in [0.15, 0.2) is 0 Å². The number of nitrogens with zero attached hydrogens (tertiary/aromatic N) is 2. The van der Waals surface area contributed by atoms with Gasteiger partial charge in [0.25, 0.3) is 5.91 Å². The number of morpholine rings is 1. The van der Waals surface area contributed by atoms with Gasteiger partial charge in [0.05, 0.1) is 24.8 Å². The molecule has 2 aromatic rings. The molecule has 1 atom stereocenters. The average molecular weight is 424 g/mol. The number of carbonyl (C=O) groups excluding carboxylic acids is 2. The van der Waals surface area contributed by atoms with Crippen molar-refractivity contribution in [2.24, 2.45) is 0 Å². The molecule has 1 aromatic carbocycles. The van der Waals surface area contributed by atoms with Gasteiger partial charge in [-0.25, -0.2) is 4.79 Å². The van der Waals surface area contributed by atoms with Crippen LogP contribution < -0.4 is 5.32 Å². The fourth-order valence-electron chi connectivity index (χ4n) is 4.22. The Morgan fingerprint density at radius 2 is 1.83 bits per heavy atom. The molecule has 3 amide bonds. The molecule has 0 radical (unpaired) electrons. The lowest BCUT2D eigenvalue weighted by Gasteiger charge is -2.38. The predicted octanol–water partition coefficient (Wildman–Crippen LogP) is 3.78. The van der Waals surface area contributed by atoms with Gasteiger partial charge in [-0.05, 0) is 37.5 Å².